The number of nitrogens with one attached hydrogen (secondary N) is 1. The second-order valence-electron chi connectivity index (χ2n) is 6.87. The van der Waals surface area contributed by atoms with E-state index in [1.807, 2.05) is 0 Å². The average molecular weight is 345 g/mol. The molecule has 1 N–H and O–H groups in total. The fourth-order valence-corrected chi connectivity index (χ4v) is 4.12. The van der Waals surface area contributed by atoms with E-state index in [1.54, 1.807) is 9.80 Å². The lowest BCUT2D eigenvalue weighted by molar-refractivity contribution is -0.123. The summed E-state index contributed by atoms with van der Waals surface area (Å²) in [5.74, 6) is -1.24. The van der Waals surface area contributed by atoms with Crippen molar-refractivity contribution in [3.8, 4) is 0 Å². The summed E-state index contributed by atoms with van der Waals surface area (Å²) in [6, 6.07) is 4.03. The van der Waals surface area contributed by atoms with E-state index in [-0.39, 0.29) is 29.3 Å². The van der Waals surface area contributed by atoms with Gasteiger partial charge in [-0.1, -0.05) is 0 Å². The van der Waals surface area contributed by atoms with E-state index in [4.69, 9.17) is 0 Å². The van der Waals surface area contributed by atoms with Gasteiger partial charge in [0.25, 0.3) is 5.91 Å². The lowest BCUT2D eigenvalue weighted by atomic mass is 9.91. The number of hydrogen-bond donors (Lipinski definition) is 1. The van der Waals surface area contributed by atoms with E-state index in [1.165, 1.54) is 18.2 Å². The normalized spacial score (nSPS) is 26.0. The van der Waals surface area contributed by atoms with Gasteiger partial charge in [-0.2, -0.15) is 0 Å². The molecule has 0 radical (unpaired) electrons. The van der Waals surface area contributed by atoms with E-state index in [9.17, 15) is 18.8 Å². The van der Waals surface area contributed by atoms with Crippen molar-refractivity contribution in [3.63, 3.8) is 0 Å². The third-order valence-corrected chi connectivity index (χ3v) is 5.43. The number of carbonyl (C=O) groups is 3. The molecule has 3 aliphatic heterocycles. The van der Waals surface area contributed by atoms with E-state index >= 15 is 0 Å². The van der Waals surface area contributed by atoms with Gasteiger partial charge in [-0.25, -0.2) is 4.39 Å². The Labute approximate surface area is 145 Å². The van der Waals surface area contributed by atoms with Gasteiger partial charge in [0, 0.05) is 31.7 Å². The Kier molecular flexibility index (Phi) is 3.94. The van der Waals surface area contributed by atoms with E-state index < -0.39 is 11.7 Å². The number of benzene rings is 1. The van der Waals surface area contributed by atoms with Crippen LogP contribution in [0.15, 0.2) is 18.2 Å². The number of piperidine rings is 1. The van der Waals surface area contributed by atoms with Gasteiger partial charge >= 0.3 is 0 Å². The summed E-state index contributed by atoms with van der Waals surface area (Å²) in [5, 5.41) is 2.79. The van der Waals surface area contributed by atoms with Crippen LogP contribution in [-0.2, 0) is 9.59 Å². The van der Waals surface area contributed by atoms with Crippen LogP contribution in [0.1, 0.15) is 36.0 Å². The number of likely N-dealkylation sites (tertiary alicyclic amines) is 1. The summed E-state index contributed by atoms with van der Waals surface area (Å²) in [6.07, 6.45) is 2.73. The number of anilines is 1. The molecule has 0 saturated carbocycles. The zero-order valence-electron chi connectivity index (χ0n) is 13.8. The summed E-state index contributed by atoms with van der Waals surface area (Å²) in [6.45, 7) is 1.52. The highest BCUT2D eigenvalue weighted by molar-refractivity contribution is 5.99. The first kappa shape index (κ1) is 16.1. The lowest BCUT2D eigenvalue weighted by Gasteiger charge is -2.36. The van der Waals surface area contributed by atoms with Crippen LogP contribution in [0.5, 0.6) is 0 Å². The number of amides is 3. The minimum Gasteiger partial charge on any atom is -0.354 e. The molecular formula is C18H20FN3O3. The number of halogens is 1. The quantitative estimate of drug-likeness (QED) is 0.878. The molecule has 3 saturated heterocycles. The largest absolute Gasteiger partial charge is 0.354 e. The molecule has 25 heavy (non-hydrogen) atoms. The van der Waals surface area contributed by atoms with Crippen LogP contribution < -0.4 is 10.2 Å². The Balaban J connectivity index is 1.63. The van der Waals surface area contributed by atoms with E-state index in [0.717, 1.165) is 19.3 Å². The highest BCUT2D eigenvalue weighted by atomic mass is 19.1. The molecule has 2 atom stereocenters. The Morgan fingerprint density at radius 2 is 2.04 bits per heavy atom. The molecule has 0 aliphatic carbocycles. The molecule has 0 bridgehead atoms. The first-order chi connectivity index (χ1) is 12.1. The van der Waals surface area contributed by atoms with E-state index in [0.29, 0.717) is 31.7 Å². The maximum Gasteiger partial charge on any atom is 0.257 e. The van der Waals surface area contributed by atoms with Gasteiger partial charge in [0.2, 0.25) is 11.8 Å². The predicted molar refractivity (Wildman–Crippen MR) is 88.5 cm³/mol. The predicted octanol–water partition coefficient (Wildman–Crippen LogP) is 1.30. The number of hydrogen-bond acceptors (Lipinski definition) is 3. The van der Waals surface area contributed by atoms with Crippen molar-refractivity contribution in [2.45, 2.75) is 31.7 Å². The molecule has 0 aromatic heterocycles. The number of rotatable bonds is 2. The van der Waals surface area contributed by atoms with Gasteiger partial charge < -0.3 is 15.1 Å². The summed E-state index contributed by atoms with van der Waals surface area (Å²) in [7, 11) is 0. The number of nitrogens with zero attached hydrogens (tertiary/aromatic N) is 2. The molecule has 3 aliphatic rings. The molecule has 7 heteroatoms. The minimum absolute atomic E-state index is 0.00590. The van der Waals surface area contributed by atoms with Crippen LogP contribution in [-0.4, -0.2) is 48.3 Å². The van der Waals surface area contributed by atoms with Crippen LogP contribution >= 0.6 is 0 Å². The van der Waals surface area contributed by atoms with Crippen molar-refractivity contribution in [1.29, 1.82) is 0 Å². The Hall–Kier alpha value is -2.44. The molecular weight excluding hydrogens is 325 g/mol. The third-order valence-electron chi connectivity index (χ3n) is 5.43. The standard InChI is InChI=1S/C18H20FN3O3/c19-14-6-5-11(21-7-2-4-16(21)23)9-13(14)18(25)22-8-1-3-12-15(22)10-20-17(12)24/h5-6,9,12,15H,1-4,7-8,10H2,(H,20,24)/t12-,15-/m1/s1. The third kappa shape index (κ3) is 2.67. The molecule has 4 rings (SSSR count). The second-order valence-corrected chi connectivity index (χ2v) is 6.87. The van der Waals surface area contributed by atoms with Crippen molar-refractivity contribution >= 4 is 23.4 Å². The van der Waals surface area contributed by atoms with Crippen LogP contribution in [0.2, 0.25) is 0 Å². The molecule has 1 aromatic carbocycles. The molecule has 3 heterocycles. The fraction of sp³-hybridized carbons (Fsp3) is 0.500. The lowest BCUT2D eigenvalue weighted by Crippen LogP contribution is -2.49. The molecule has 0 unspecified atom stereocenters. The first-order valence-electron chi connectivity index (χ1n) is 8.75. The first-order valence-corrected chi connectivity index (χ1v) is 8.75. The highest BCUT2D eigenvalue weighted by Gasteiger charge is 2.43. The second kappa shape index (κ2) is 6.13. The molecule has 1 aromatic rings. The zero-order chi connectivity index (χ0) is 17.6. The van der Waals surface area contributed by atoms with Crippen molar-refractivity contribution in [1.82, 2.24) is 10.2 Å². The molecule has 6 nitrogen and oxygen atoms in total. The maximum atomic E-state index is 14.3. The maximum absolute atomic E-state index is 14.3. The smallest absolute Gasteiger partial charge is 0.257 e. The van der Waals surface area contributed by atoms with Crippen LogP contribution in [0.4, 0.5) is 10.1 Å². The van der Waals surface area contributed by atoms with Gasteiger partial charge in [0.05, 0.1) is 17.5 Å². The topological polar surface area (TPSA) is 69.7 Å². The number of carbonyl (C=O) groups excluding carboxylic acids is 3. The van der Waals surface area contributed by atoms with Gasteiger partial charge in [0.15, 0.2) is 0 Å². The van der Waals surface area contributed by atoms with Gasteiger partial charge in [-0.05, 0) is 37.5 Å². The summed E-state index contributed by atoms with van der Waals surface area (Å²) in [4.78, 5) is 40.0. The van der Waals surface area contributed by atoms with Gasteiger partial charge in [-0.15, -0.1) is 0 Å². The minimum atomic E-state index is -0.597. The van der Waals surface area contributed by atoms with Crippen molar-refractivity contribution < 1.29 is 18.8 Å². The Bertz CT molecular complexity index is 751. The van der Waals surface area contributed by atoms with Crippen molar-refractivity contribution in [2.75, 3.05) is 24.5 Å². The van der Waals surface area contributed by atoms with Crippen LogP contribution in [0.3, 0.4) is 0 Å². The Morgan fingerprint density at radius 3 is 2.80 bits per heavy atom. The molecule has 0 spiro atoms. The highest BCUT2D eigenvalue weighted by Crippen LogP contribution is 2.30. The molecule has 132 valence electrons. The summed E-state index contributed by atoms with van der Waals surface area (Å²) >= 11 is 0. The summed E-state index contributed by atoms with van der Waals surface area (Å²) < 4.78 is 14.3. The summed E-state index contributed by atoms with van der Waals surface area (Å²) in [5.41, 5.74) is 0.527. The zero-order valence-corrected chi connectivity index (χ0v) is 13.8. The van der Waals surface area contributed by atoms with Gasteiger partial charge in [-0.3, -0.25) is 14.4 Å². The van der Waals surface area contributed by atoms with E-state index in [2.05, 4.69) is 5.32 Å². The van der Waals surface area contributed by atoms with Crippen LogP contribution in [0, 0.1) is 11.7 Å². The SMILES string of the molecule is O=C1NC[C@@H]2[C@H]1CCCN2C(=O)c1cc(N2CCCC2=O)ccc1F. The fourth-order valence-electron chi connectivity index (χ4n) is 4.12. The van der Waals surface area contributed by atoms with Crippen LogP contribution in [0.25, 0.3) is 0 Å². The average Bonchev–Trinajstić information content (AvgIpc) is 3.21. The van der Waals surface area contributed by atoms with Crippen molar-refractivity contribution in [2.24, 2.45) is 5.92 Å². The molecule has 3 amide bonds. The Morgan fingerprint density at radius 1 is 1.20 bits per heavy atom. The van der Waals surface area contributed by atoms with Crippen molar-refractivity contribution in [3.05, 3.63) is 29.6 Å². The monoisotopic (exact) mass is 345 g/mol. The molecule has 3 fully saturated rings. The van der Waals surface area contributed by atoms with Gasteiger partial charge in [0.1, 0.15) is 5.82 Å². The number of fused-ring (bicyclic) bond motifs is 1.